The van der Waals surface area contributed by atoms with E-state index in [2.05, 4.69) is 4.98 Å². The van der Waals surface area contributed by atoms with Gasteiger partial charge in [-0.05, 0) is 17.9 Å². The molecule has 0 aliphatic heterocycles. The highest BCUT2D eigenvalue weighted by Crippen LogP contribution is 2.33. The van der Waals surface area contributed by atoms with E-state index in [0.717, 1.165) is 12.3 Å². The van der Waals surface area contributed by atoms with E-state index in [1.807, 2.05) is 32.6 Å². The number of hydrogen-bond acceptors (Lipinski definition) is 3. The molecule has 0 unspecified atom stereocenters. The molecular weight excluding hydrogens is 267 g/mol. The highest BCUT2D eigenvalue weighted by Gasteiger charge is 2.32. The number of nitrogens with two attached hydrogens (primary N) is 1. The molecule has 0 amide bonds. The maximum absolute atomic E-state index is 12.8. The molecule has 0 fully saturated rings. The van der Waals surface area contributed by atoms with Crippen molar-refractivity contribution < 1.29 is 13.2 Å². The minimum absolute atomic E-state index is 0.138. The van der Waals surface area contributed by atoms with Gasteiger partial charge in [-0.15, -0.1) is 0 Å². The summed E-state index contributed by atoms with van der Waals surface area (Å²) in [4.78, 5) is 5.58. The van der Waals surface area contributed by atoms with Crippen molar-refractivity contribution >= 4 is 11.5 Å². The number of hydrogen-bond donors (Lipinski definition) is 1. The quantitative estimate of drug-likeness (QED) is 0.896. The van der Waals surface area contributed by atoms with Crippen LogP contribution in [0, 0.1) is 11.8 Å². The van der Waals surface area contributed by atoms with Gasteiger partial charge in [-0.2, -0.15) is 13.2 Å². The number of alkyl halides is 3. The normalized spacial score (nSPS) is 12.2. The molecule has 0 saturated carbocycles. The summed E-state index contributed by atoms with van der Waals surface area (Å²) in [6, 6.07) is 1.09. The van der Waals surface area contributed by atoms with Crippen molar-refractivity contribution in [2.24, 2.45) is 11.8 Å². The van der Waals surface area contributed by atoms with E-state index in [-0.39, 0.29) is 5.82 Å². The Morgan fingerprint density at radius 1 is 1.15 bits per heavy atom. The second kappa shape index (κ2) is 6.33. The Labute approximate surface area is 118 Å². The van der Waals surface area contributed by atoms with Crippen LogP contribution in [0.2, 0.25) is 0 Å². The zero-order valence-electron chi connectivity index (χ0n) is 12.3. The fourth-order valence-electron chi connectivity index (χ4n) is 2.02. The smallest absolute Gasteiger partial charge is 0.382 e. The summed E-state index contributed by atoms with van der Waals surface area (Å²) in [7, 11) is 0. The minimum atomic E-state index is -4.41. The average Bonchev–Trinajstić information content (AvgIpc) is 2.25. The van der Waals surface area contributed by atoms with Gasteiger partial charge >= 0.3 is 6.18 Å². The van der Waals surface area contributed by atoms with Gasteiger partial charge in [0.2, 0.25) is 0 Å². The Morgan fingerprint density at radius 3 is 2.05 bits per heavy atom. The highest BCUT2D eigenvalue weighted by atomic mass is 19.4. The van der Waals surface area contributed by atoms with Gasteiger partial charge in [0.25, 0.3) is 0 Å². The topological polar surface area (TPSA) is 42.2 Å². The van der Waals surface area contributed by atoms with E-state index in [0.29, 0.717) is 30.6 Å². The fraction of sp³-hybridized carbons (Fsp3) is 0.643. The molecule has 2 N–H and O–H groups in total. The van der Waals surface area contributed by atoms with Crippen LogP contribution in [0.15, 0.2) is 12.3 Å². The first-order chi connectivity index (χ1) is 9.11. The molecule has 0 aliphatic rings. The third kappa shape index (κ3) is 4.58. The number of nitrogen functional groups attached to an aromatic ring is 1. The van der Waals surface area contributed by atoms with Crippen LogP contribution in [0.4, 0.5) is 24.7 Å². The van der Waals surface area contributed by atoms with E-state index in [9.17, 15) is 13.2 Å². The molecule has 114 valence electrons. The Bertz CT molecular complexity index is 432. The van der Waals surface area contributed by atoms with Gasteiger partial charge in [0.05, 0.1) is 11.3 Å². The number of halogens is 3. The number of nitrogens with zero attached hydrogens (tertiary/aromatic N) is 2. The van der Waals surface area contributed by atoms with E-state index >= 15 is 0 Å². The third-order valence-electron chi connectivity index (χ3n) is 2.74. The third-order valence-corrected chi connectivity index (χ3v) is 2.74. The number of pyridine rings is 1. The van der Waals surface area contributed by atoms with Crippen LogP contribution in [0.1, 0.15) is 33.3 Å². The molecule has 20 heavy (non-hydrogen) atoms. The number of aromatic nitrogens is 1. The molecule has 3 nitrogen and oxygen atoms in total. The van der Waals surface area contributed by atoms with Crippen LogP contribution >= 0.6 is 0 Å². The summed E-state index contributed by atoms with van der Waals surface area (Å²) in [6.45, 7) is 9.36. The summed E-state index contributed by atoms with van der Waals surface area (Å²) in [5.74, 6) is 0.782. The molecule has 0 atom stereocenters. The molecule has 1 aromatic heterocycles. The second-order valence-electron chi connectivity index (χ2n) is 5.82. The lowest BCUT2D eigenvalue weighted by Gasteiger charge is -2.29. The predicted molar refractivity (Wildman–Crippen MR) is 75.5 cm³/mol. The molecule has 0 aliphatic carbocycles. The Kier molecular flexibility index (Phi) is 5.25. The highest BCUT2D eigenvalue weighted by molar-refractivity contribution is 5.64. The van der Waals surface area contributed by atoms with Crippen molar-refractivity contribution in [1.29, 1.82) is 0 Å². The van der Waals surface area contributed by atoms with Crippen LogP contribution in [0.25, 0.3) is 0 Å². The lowest BCUT2D eigenvalue weighted by molar-refractivity contribution is -0.137. The predicted octanol–water partition coefficient (Wildman–Crippen LogP) is 3.80. The van der Waals surface area contributed by atoms with Gasteiger partial charge in [-0.25, -0.2) is 4.98 Å². The largest absolute Gasteiger partial charge is 0.417 e. The first-order valence-corrected chi connectivity index (χ1v) is 6.69. The van der Waals surface area contributed by atoms with Crippen molar-refractivity contribution in [2.45, 2.75) is 33.9 Å². The SMILES string of the molecule is CC(C)CN(CC(C)C)c1cc(C(F)(F)F)cnc1N. The molecule has 0 radical (unpaired) electrons. The van der Waals surface area contributed by atoms with Gasteiger partial charge in [-0.1, -0.05) is 27.7 Å². The summed E-state index contributed by atoms with van der Waals surface area (Å²) in [5.41, 5.74) is 5.36. The molecule has 0 bridgehead atoms. The zero-order chi connectivity index (χ0) is 15.5. The first kappa shape index (κ1) is 16.6. The summed E-state index contributed by atoms with van der Waals surface area (Å²) >= 11 is 0. The van der Waals surface area contributed by atoms with E-state index in [4.69, 9.17) is 5.73 Å². The van der Waals surface area contributed by atoms with Crippen LogP contribution in [-0.2, 0) is 6.18 Å². The average molecular weight is 289 g/mol. The Hall–Kier alpha value is -1.46. The maximum atomic E-state index is 12.8. The van der Waals surface area contributed by atoms with Crippen molar-refractivity contribution in [3.05, 3.63) is 17.8 Å². The molecule has 1 aromatic rings. The van der Waals surface area contributed by atoms with Gasteiger partial charge < -0.3 is 10.6 Å². The molecule has 1 rings (SSSR count). The van der Waals surface area contributed by atoms with Gasteiger partial charge in [0, 0.05) is 19.3 Å². The first-order valence-electron chi connectivity index (χ1n) is 6.69. The van der Waals surface area contributed by atoms with Crippen molar-refractivity contribution in [3.63, 3.8) is 0 Å². The lowest BCUT2D eigenvalue weighted by Crippen LogP contribution is -2.32. The fourth-order valence-corrected chi connectivity index (χ4v) is 2.02. The Morgan fingerprint density at radius 2 is 1.65 bits per heavy atom. The molecule has 0 saturated heterocycles. The summed E-state index contributed by atoms with van der Waals surface area (Å²) < 4.78 is 38.4. The van der Waals surface area contributed by atoms with Crippen molar-refractivity contribution in [2.75, 3.05) is 23.7 Å². The molecule has 0 aromatic carbocycles. The van der Waals surface area contributed by atoms with Gasteiger partial charge in [0.15, 0.2) is 0 Å². The lowest BCUT2D eigenvalue weighted by atomic mass is 10.1. The van der Waals surface area contributed by atoms with Crippen LogP contribution in [0.3, 0.4) is 0 Å². The molecule has 0 spiro atoms. The monoisotopic (exact) mass is 289 g/mol. The van der Waals surface area contributed by atoms with Crippen LogP contribution < -0.4 is 10.6 Å². The van der Waals surface area contributed by atoms with Crippen molar-refractivity contribution in [1.82, 2.24) is 4.98 Å². The van der Waals surface area contributed by atoms with Gasteiger partial charge in [0.1, 0.15) is 5.82 Å². The number of anilines is 2. The minimum Gasteiger partial charge on any atom is -0.382 e. The molecular formula is C14H22F3N3. The van der Waals surface area contributed by atoms with E-state index in [1.165, 1.54) is 0 Å². The summed E-state index contributed by atoms with van der Waals surface area (Å²) in [5, 5.41) is 0. The zero-order valence-corrected chi connectivity index (χ0v) is 12.3. The van der Waals surface area contributed by atoms with Gasteiger partial charge in [-0.3, -0.25) is 0 Å². The standard InChI is InChI=1S/C14H22F3N3/c1-9(2)7-20(8-10(3)4)12-5-11(14(15,16)17)6-19-13(12)18/h5-6,9-10H,7-8H2,1-4H3,(H2,18,19). The van der Waals surface area contributed by atoms with Crippen LogP contribution in [-0.4, -0.2) is 18.1 Å². The Balaban J connectivity index is 3.17. The van der Waals surface area contributed by atoms with Crippen molar-refractivity contribution in [3.8, 4) is 0 Å². The number of rotatable bonds is 5. The maximum Gasteiger partial charge on any atom is 0.417 e. The molecule has 1 heterocycles. The molecule has 6 heteroatoms. The summed E-state index contributed by atoms with van der Waals surface area (Å²) in [6.07, 6.45) is -3.63. The van der Waals surface area contributed by atoms with E-state index in [1.54, 1.807) is 0 Å². The second-order valence-corrected chi connectivity index (χ2v) is 5.82. The van der Waals surface area contributed by atoms with E-state index < -0.39 is 11.7 Å². The van der Waals surface area contributed by atoms with Crippen LogP contribution in [0.5, 0.6) is 0 Å².